The SMILES string of the molecule is Cc1cccc(NC(=O)N2CCCCCC2CN2CCCC2)c1. The number of aryl methyl sites for hydroxylation is 1. The topological polar surface area (TPSA) is 35.6 Å². The van der Waals surface area contributed by atoms with Gasteiger partial charge in [0.1, 0.15) is 0 Å². The van der Waals surface area contributed by atoms with E-state index in [2.05, 4.69) is 28.1 Å². The van der Waals surface area contributed by atoms with Gasteiger partial charge < -0.3 is 15.1 Å². The molecule has 4 heteroatoms. The van der Waals surface area contributed by atoms with Gasteiger partial charge in [-0.25, -0.2) is 4.79 Å². The molecular weight excluding hydrogens is 286 g/mol. The van der Waals surface area contributed by atoms with E-state index in [4.69, 9.17) is 0 Å². The molecule has 0 spiro atoms. The van der Waals surface area contributed by atoms with Crippen LogP contribution in [0.15, 0.2) is 24.3 Å². The lowest BCUT2D eigenvalue weighted by atomic mass is 10.1. The van der Waals surface area contributed by atoms with Crippen LogP contribution in [0, 0.1) is 6.92 Å². The van der Waals surface area contributed by atoms with E-state index in [1.54, 1.807) is 0 Å². The van der Waals surface area contributed by atoms with Crippen molar-refractivity contribution in [2.75, 3.05) is 31.5 Å². The minimum Gasteiger partial charge on any atom is -0.320 e. The van der Waals surface area contributed by atoms with Crippen LogP contribution in [-0.2, 0) is 0 Å². The zero-order valence-electron chi connectivity index (χ0n) is 14.3. The smallest absolute Gasteiger partial charge is 0.320 e. The predicted molar refractivity (Wildman–Crippen MR) is 94.8 cm³/mol. The highest BCUT2D eigenvalue weighted by Gasteiger charge is 2.28. The molecule has 0 bridgehead atoms. The van der Waals surface area contributed by atoms with Gasteiger partial charge in [-0.3, -0.25) is 0 Å². The summed E-state index contributed by atoms with van der Waals surface area (Å²) in [7, 11) is 0. The third-order valence-corrected chi connectivity index (χ3v) is 5.07. The third kappa shape index (κ3) is 4.47. The van der Waals surface area contributed by atoms with Gasteiger partial charge >= 0.3 is 6.03 Å². The Bertz CT molecular complexity index is 525. The van der Waals surface area contributed by atoms with E-state index in [9.17, 15) is 4.79 Å². The average molecular weight is 315 g/mol. The van der Waals surface area contributed by atoms with Gasteiger partial charge in [0.2, 0.25) is 0 Å². The van der Waals surface area contributed by atoms with Crippen LogP contribution in [0.4, 0.5) is 10.5 Å². The summed E-state index contributed by atoms with van der Waals surface area (Å²) in [5, 5.41) is 3.10. The summed E-state index contributed by atoms with van der Waals surface area (Å²) >= 11 is 0. The van der Waals surface area contributed by atoms with Crippen LogP contribution in [0.1, 0.15) is 44.1 Å². The fourth-order valence-corrected chi connectivity index (χ4v) is 3.82. The number of nitrogens with one attached hydrogen (secondary N) is 1. The highest BCUT2D eigenvalue weighted by molar-refractivity contribution is 5.89. The van der Waals surface area contributed by atoms with Crippen LogP contribution in [0.5, 0.6) is 0 Å². The van der Waals surface area contributed by atoms with E-state index in [1.807, 2.05) is 18.2 Å². The maximum Gasteiger partial charge on any atom is 0.322 e. The molecule has 3 rings (SSSR count). The van der Waals surface area contributed by atoms with Gasteiger partial charge in [0.25, 0.3) is 0 Å². The molecule has 1 N–H and O–H groups in total. The molecule has 2 saturated heterocycles. The van der Waals surface area contributed by atoms with Crippen molar-refractivity contribution < 1.29 is 4.79 Å². The molecule has 4 nitrogen and oxygen atoms in total. The number of nitrogens with zero attached hydrogens (tertiary/aromatic N) is 2. The van der Waals surface area contributed by atoms with Crippen LogP contribution in [0.25, 0.3) is 0 Å². The molecule has 23 heavy (non-hydrogen) atoms. The first-order chi connectivity index (χ1) is 11.2. The average Bonchev–Trinajstić information content (AvgIpc) is 2.92. The lowest BCUT2D eigenvalue weighted by Crippen LogP contribution is -2.47. The van der Waals surface area contributed by atoms with E-state index in [-0.39, 0.29) is 6.03 Å². The Morgan fingerprint density at radius 3 is 2.70 bits per heavy atom. The summed E-state index contributed by atoms with van der Waals surface area (Å²) in [4.78, 5) is 17.4. The van der Waals surface area contributed by atoms with E-state index in [0.29, 0.717) is 6.04 Å². The molecule has 0 aliphatic carbocycles. The molecule has 0 saturated carbocycles. The largest absolute Gasteiger partial charge is 0.322 e. The van der Waals surface area contributed by atoms with Crippen molar-refractivity contribution in [1.29, 1.82) is 0 Å². The number of amides is 2. The number of carbonyl (C=O) groups is 1. The summed E-state index contributed by atoms with van der Waals surface area (Å²) in [5.41, 5.74) is 2.08. The van der Waals surface area contributed by atoms with Crippen LogP contribution in [0.2, 0.25) is 0 Å². The van der Waals surface area contributed by atoms with Crippen LogP contribution < -0.4 is 5.32 Å². The number of rotatable bonds is 3. The number of anilines is 1. The number of likely N-dealkylation sites (tertiary alicyclic amines) is 2. The van der Waals surface area contributed by atoms with Gasteiger partial charge in [-0.2, -0.15) is 0 Å². The molecule has 2 aliphatic heterocycles. The quantitative estimate of drug-likeness (QED) is 0.919. The zero-order valence-corrected chi connectivity index (χ0v) is 14.3. The van der Waals surface area contributed by atoms with Crippen LogP contribution in [0.3, 0.4) is 0 Å². The molecule has 0 radical (unpaired) electrons. The lowest BCUT2D eigenvalue weighted by molar-refractivity contribution is 0.164. The second-order valence-electron chi connectivity index (χ2n) is 7.00. The Hall–Kier alpha value is -1.55. The molecule has 2 fully saturated rings. The van der Waals surface area contributed by atoms with Crippen LogP contribution >= 0.6 is 0 Å². The third-order valence-electron chi connectivity index (χ3n) is 5.07. The van der Waals surface area contributed by atoms with Crippen LogP contribution in [-0.4, -0.2) is 48.1 Å². The normalized spacial score (nSPS) is 22.8. The Labute approximate surface area is 139 Å². The minimum absolute atomic E-state index is 0.0710. The van der Waals surface area contributed by atoms with Crippen molar-refractivity contribution in [3.05, 3.63) is 29.8 Å². The van der Waals surface area contributed by atoms with Crippen molar-refractivity contribution in [2.24, 2.45) is 0 Å². The number of hydrogen-bond acceptors (Lipinski definition) is 2. The number of benzene rings is 1. The van der Waals surface area contributed by atoms with Gasteiger partial charge in [0.15, 0.2) is 0 Å². The highest BCUT2D eigenvalue weighted by atomic mass is 16.2. The van der Waals surface area contributed by atoms with Gasteiger partial charge in [-0.15, -0.1) is 0 Å². The first-order valence-electron chi connectivity index (χ1n) is 9.09. The Morgan fingerprint density at radius 2 is 1.91 bits per heavy atom. The first-order valence-corrected chi connectivity index (χ1v) is 9.09. The number of urea groups is 1. The molecule has 1 atom stereocenters. The van der Waals surface area contributed by atoms with Gasteiger partial charge in [0.05, 0.1) is 0 Å². The fraction of sp³-hybridized carbons (Fsp3) is 0.632. The van der Waals surface area contributed by atoms with Gasteiger partial charge in [-0.1, -0.05) is 25.0 Å². The molecule has 0 aromatic heterocycles. The van der Waals surface area contributed by atoms with Crippen molar-refractivity contribution in [3.63, 3.8) is 0 Å². The molecule has 2 aliphatic rings. The number of carbonyl (C=O) groups excluding carboxylic acids is 1. The molecule has 1 unspecified atom stereocenters. The summed E-state index contributed by atoms with van der Waals surface area (Å²) < 4.78 is 0. The first kappa shape index (κ1) is 16.3. The van der Waals surface area contributed by atoms with Crippen molar-refractivity contribution in [1.82, 2.24) is 9.80 Å². The summed E-state index contributed by atoms with van der Waals surface area (Å²) in [6, 6.07) is 8.48. The lowest BCUT2D eigenvalue weighted by Gasteiger charge is -2.33. The maximum atomic E-state index is 12.8. The Kier molecular flexibility index (Phi) is 5.55. The maximum absolute atomic E-state index is 12.8. The Balaban J connectivity index is 1.66. The molecular formula is C19H29N3O. The standard InChI is InChI=1S/C19H29N3O/c1-16-8-7-9-17(14-16)20-19(23)22-13-4-2-3-10-18(22)15-21-11-5-6-12-21/h7-9,14,18H,2-6,10-13,15H2,1H3,(H,20,23). The van der Waals surface area contributed by atoms with Crippen molar-refractivity contribution in [3.8, 4) is 0 Å². The summed E-state index contributed by atoms with van der Waals surface area (Å²) in [5.74, 6) is 0. The van der Waals surface area contributed by atoms with Gasteiger partial charge in [0, 0.05) is 24.8 Å². The minimum atomic E-state index is 0.0710. The Morgan fingerprint density at radius 1 is 1.13 bits per heavy atom. The van der Waals surface area contributed by atoms with E-state index in [1.165, 1.54) is 44.3 Å². The molecule has 2 amide bonds. The predicted octanol–water partition coefficient (Wildman–Crippen LogP) is 3.87. The second-order valence-corrected chi connectivity index (χ2v) is 7.00. The molecule has 126 valence electrons. The van der Waals surface area contributed by atoms with E-state index < -0.39 is 0 Å². The summed E-state index contributed by atoms with van der Waals surface area (Å²) in [6.07, 6.45) is 7.36. The second kappa shape index (κ2) is 7.82. The van der Waals surface area contributed by atoms with Gasteiger partial charge in [-0.05, 0) is 63.4 Å². The molecule has 2 heterocycles. The fourth-order valence-electron chi connectivity index (χ4n) is 3.82. The van der Waals surface area contributed by atoms with E-state index in [0.717, 1.165) is 31.6 Å². The van der Waals surface area contributed by atoms with E-state index >= 15 is 0 Å². The zero-order chi connectivity index (χ0) is 16.1. The highest BCUT2D eigenvalue weighted by Crippen LogP contribution is 2.21. The summed E-state index contributed by atoms with van der Waals surface area (Å²) in [6.45, 7) is 6.38. The monoisotopic (exact) mass is 315 g/mol. The molecule has 1 aromatic rings. The van der Waals surface area contributed by atoms with Crippen molar-refractivity contribution >= 4 is 11.7 Å². The molecule has 1 aromatic carbocycles. The number of hydrogen-bond donors (Lipinski definition) is 1. The van der Waals surface area contributed by atoms with Crippen molar-refractivity contribution in [2.45, 2.75) is 51.5 Å².